The van der Waals surface area contributed by atoms with Crippen LogP contribution in [0.5, 0.6) is 0 Å². The van der Waals surface area contributed by atoms with Crippen molar-refractivity contribution in [1.29, 1.82) is 0 Å². The maximum Gasteiger partial charge on any atom is 0.0796 e. The Morgan fingerprint density at radius 2 is 2.16 bits per heavy atom. The van der Waals surface area contributed by atoms with Crippen LogP contribution in [0.15, 0.2) is 29.2 Å². The zero-order valence-corrected chi connectivity index (χ0v) is 12.9. The molecule has 1 saturated heterocycles. The lowest BCUT2D eigenvalue weighted by Gasteiger charge is -2.29. The highest BCUT2D eigenvalue weighted by molar-refractivity contribution is 7.99. The van der Waals surface area contributed by atoms with E-state index >= 15 is 0 Å². The van der Waals surface area contributed by atoms with E-state index in [1.165, 1.54) is 10.5 Å². The van der Waals surface area contributed by atoms with Crippen LogP contribution in [0.25, 0.3) is 0 Å². The molecule has 2 atom stereocenters. The number of thioether (sulfide) groups is 1. The largest absolute Gasteiger partial charge is 0.375 e. The predicted molar refractivity (Wildman–Crippen MR) is 81.9 cm³/mol. The first-order valence-electron chi connectivity index (χ1n) is 6.89. The first-order chi connectivity index (χ1) is 9.19. The van der Waals surface area contributed by atoms with Crippen LogP contribution in [-0.2, 0) is 4.74 Å². The van der Waals surface area contributed by atoms with Crippen molar-refractivity contribution in [3.8, 4) is 0 Å². The lowest BCUT2D eigenvalue weighted by molar-refractivity contribution is -0.00598. The highest BCUT2D eigenvalue weighted by atomic mass is 32.2. The Morgan fingerprint density at radius 1 is 1.42 bits per heavy atom. The summed E-state index contributed by atoms with van der Waals surface area (Å²) in [5.41, 5.74) is 1.33. The molecule has 1 aromatic carbocycles. The Balaban J connectivity index is 1.82. The zero-order valence-electron chi connectivity index (χ0n) is 12.1. The fraction of sp³-hybridized carbons (Fsp3) is 0.600. The van der Waals surface area contributed by atoms with Gasteiger partial charge in [0.15, 0.2) is 0 Å². The van der Waals surface area contributed by atoms with E-state index in [1.807, 2.05) is 18.8 Å². The third-order valence-electron chi connectivity index (χ3n) is 3.59. The van der Waals surface area contributed by atoms with Gasteiger partial charge < -0.3 is 15.0 Å². The summed E-state index contributed by atoms with van der Waals surface area (Å²) in [6.45, 7) is 5.13. The van der Waals surface area contributed by atoms with Crippen molar-refractivity contribution in [2.75, 3.05) is 39.5 Å². The van der Waals surface area contributed by atoms with Crippen LogP contribution in [-0.4, -0.2) is 50.5 Å². The van der Waals surface area contributed by atoms with Gasteiger partial charge in [0.05, 0.1) is 12.7 Å². The van der Waals surface area contributed by atoms with Gasteiger partial charge in [-0.05, 0) is 38.7 Å². The molecule has 4 heteroatoms. The second-order valence-electron chi connectivity index (χ2n) is 5.15. The number of hydrogen-bond acceptors (Lipinski definition) is 4. The van der Waals surface area contributed by atoms with E-state index in [9.17, 15) is 0 Å². The van der Waals surface area contributed by atoms with Gasteiger partial charge in [-0.2, -0.15) is 0 Å². The third-order valence-corrected chi connectivity index (χ3v) is 4.73. The molecule has 0 spiro atoms. The molecule has 19 heavy (non-hydrogen) atoms. The summed E-state index contributed by atoms with van der Waals surface area (Å²) in [6.07, 6.45) is 0.361. The maximum absolute atomic E-state index is 5.78. The summed E-state index contributed by atoms with van der Waals surface area (Å²) in [5.74, 6) is 1.03. The van der Waals surface area contributed by atoms with Gasteiger partial charge >= 0.3 is 0 Å². The molecule has 1 fully saturated rings. The molecule has 1 aliphatic rings. The van der Waals surface area contributed by atoms with Gasteiger partial charge in [-0.1, -0.05) is 12.1 Å². The first-order valence-corrected chi connectivity index (χ1v) is 7.88. The molecule has 0 aromatic heterocycles. The normalized spacial score (nSPS) is 22.4. The van der Waals surface area contributed by atoms with Crippen molar-refractivity contribution >= 4 is 11.8 Å². The number of likely N-dealkylation sites (N-methyl/N-ethyl adjacent to an activating group) is 1. The molecular formula is C15H24N2OS. The minimum Gasteiger partial charge on any atom is -0.375 e. The van der Waals surface area contributed by atoms with Crippen molar-refractivity contribution < 1.29 is 4.74 Å². The second kappa shape index (κ2) is 7.29. The second-order valence-corrected chi connectivity index (χ2v) is 6.24. The van der Waals surface area contributed by atoms with Gasteiger partial charge in [-0.3, -0.25) is 0 Å². The molecule has 106 valence electrons. The first kappa shape index (κ1) is 14.9. The van der Waals surface area contributed by atoms with Gasteiger partial charge in [0, 0.05) is 29.8 Å². The number of nitrogens with one attached hydrogen (secondary N) is 1. The Kier molecular flexibility index (Phi) is 5.70. The van der Waals surface area contributed by atoms with Crippen LogP contribution >= 0.6 is 11.8 Å². The molecule has 0 aliphatic carbocycles. The molecule has 0 amide bonds. The monoisotopic (exact) mass is 280 g/mol. The Morgan fingerprint density at radius 3 is 2.79 bits per heavy atom. The highest BCUT2D eigenvalue weighted by Gasteiger charge is 2.17. The molecule has 2 unspecified atom stereocenters. The SMILES string of the molecule is CNC(C)c1ccc(SCC2CN(C)CCO2)cc1. The lowest BCUT2D eigenvalue weighted by atomic mass is 10.1. The minimum atomic E-state index is 0.361. The number of morpholine rings is 1. The molecule has 0 saturated carbocycles. The standard InChI is InChI=1S/C15H24N2OS/c1-12(16-2)13-4-6-15(7-5-13)19-11-14-10-17(3)8-9-18-14/h4-7,12,14,16H,8-11H2,1-3H3. The number of hydrogen-bond donors (Lipinski definition) is 1. The van der Waals surface area contributed by atoms with E-state index in [-0.39, 0.29) is 0 Å². The molecule has 1 heterocycles. The molecular weight excluding hydrogens is 256 g/mol. The summed E-state index contributed by atoms with van der Waals surface area (Å²) in [5, 5.41) is 3.26. The Hall–Kier alpha value is -0.550. The predicted octanol–water partition coefficient (Wildman–Crippen LogP) is 2.39. The third kappa shape index (κ3) is 4.49. The quantitative estimate of drug-likeness (QED) is 0.837. The number of rotatable bonds is 5. The van der Waals surface area contributed by atoms with Crippen molar-refractivity contribution in [2.45, 2.75) is 24.0 Å². The van der Waals surface area contributed by atoms with Crippen LogP contribution < -0.4 is 5.32 Å². The van der Waals surface area contributed by atoms with Crippen molar-refractivity contribution in [3.05, 3.63) is 29.8 Å². The van der Waals surface area contributed by atoms with Crippen molar-refractivity contribution in [1.82, 2.24) is 10.2 Å². The van der Waals surface area contributed by atoms with Crippen LogP contribution in [0, 0.1) is 0 Å². The van der Waals surface area contributed by atoms with Crippen LogP contribution in [0.2, 0.25) is 0 Å². The molecule has 1 aromatic rings. The topological polar surface area (TPSA) is 24.5 Å². The van der Waals surface area contributed by atoms with Crippen molar-refractivity contribution in [3.63, 3.8) is 0 Å². The fourth-order valence-corrected chi connectivity index (χ4v) is 3.08. The lowest BCUT2D eigenvalue weighted by Crippen LogP contribution is -2.41. The smallest absolute Gasteiger partial charge is 0.0796 e. The molecule has 0 radical (unpaired) electrons. The average Bonchev–Trinajstić information content (AvgIpc) is 2.45. The summed E-state index contributed by atoms with van der Waals surface area (Å²) in [7, 11) is 4.15. The number of ether oxygens (including phenoxy) is 1. The summed E-state index contributed by atoms with van der Waals surface area (Å²) in [4.78, 5) is 3.66. The van der Waals surface area contributed by atoms with Gasteiger partial charge in [-0.25, -0.2) is 0 Å². The van der Waals surface area contributed by atoms with Gasteiger partial charge in [0.25, 0.3) is 0 Å². The zero-order chi connectivity index (χ0) is 13.7. The van der Waals surface area contributed by atoms with Crippen LogP contribution in [0.4, 0.5) is 0 Å². The van der Waals surface area contributed by atoms with Crippen molar-refractivity contribution in [2.24, 2.45) is 0 Å². The maximum atomic E-state index is 5.78. The minimum absolute atomic E-state index is 0.361. The Bertz CT molecular complexity index is 382. The molecule has 1 aliphatic heterocycles. The average molecular weight is 280 g/mol. The van der Waals surface area contributed by atoms with E-state index in [0.29, 0.717) is 12.1 Å². The van der Waals surface area contributed by atoms with E-state index in [0.717, 1.165) is 25.4 Å². The van der Waals surface area contributed by atoms with Gasteiger partial charge in [-0.15, -0.1) is 11.8 Å². The van der Waals surface area contributed by atoms with Crippen LogP contribution in [0.1, 0.15) is 18.5 Å². The highest BCUT2D eigenvalue weighted by Crippen LogP contribution is 2.23. The molecule has 2 rings (SSSR count). The number of nitrogens with zero attached hydrogens (tertiary/aromatic N) is 1. The fourth-order valence-electron chi connectivity index (χ4n) is 2.18. The van der Waals surface area contributed by atoms with Crippen LogP contribution in [0.3, 0.4) is 0 Å². The van der Waals surface area contributed by atoms with E-state index in [2.05, 4.69) is 48.5 Å². The summed E-state index contributed by atoms with van der Waals surface area (Å²) >= 11 is 1.88. The Labute approximate surface area is 120 Å². The number of benzene rings is 1. The van der Waals surface area contributed by atoms with E-state index < -0.39 is 0 Å². The van der Waals surface area contributed by atoms with Gasteiger partial charge in [0.2, 0.25) is 0 Å². The van der Waals surface area contributed by atoms with E-state index in [1.54, 1.807) is 0 Å². The molecule has 3 nitrogen and oxygen atoms in total. The van der Waals surface area contributed by atoms with E-state index in [4.69, 9.17) is 4.74 Å². The van der Waals surface area contributed by atoms with Gasteiger partial charge in [0.1, 0.15) is 0 Å². The molecule has 1 N–H and O–H groups in total. The molecule has 0 bridgehead atoms. The summed E-state index contributed by atoms with van der Waals surface area (Å²) < 4.78 is 5.78. The summed E-state index contributed by atoms with van der Waals surface area (Å²) in [6, 6.07) is 9.24.